The zero-order valence-electron chi connectivity index (χ0n) is 15.7. The fourth-order valence-corrected chi connectivity index (χ4v) is 3.64. The van der Waals surface area contributed by atoms with Gasteiger partial charge in [0, 0.05) is 18.5 Å². The number of morpholine rings is 1. The highest BCUT2D eigenvalue weighted by Crippen LogP contribution is 2.37. The maximum absolute atomic E-state index is 10.6. The normalized spacial score (nSPS) is 20.0. The average Bonchev–Trinajstić information content (AvgIpc) is 2.66. The lowest BCUT2D eigenvalue weighted by molar-refractivity contribution is -0.00536. The smallest absolute Gasteiger partial charge is 0.168 e. The molecule has 1 aliphatic rings. The highest BCUT2D eigenvalue weighted by Gasteiger charge is 2.26. The summed E-state index contributed by atoms with van der Waals surface area (Å²) in [6.07, 6.45) is 0.243. The average molecular weight is 365 g/mol. The largest absolute Gasteiger partial charge is 0.504 e. The summed E-state index contributed by atoms with van der Waals surface area (Å²) < 4.78 is 11.1. The molecule has 27 heavy (non-hydrogen) atoms. The van der Waals surface area contributed by atoms with Gasteiger partial charge in [-0.1, -0.05) is 18.2 Å². The van der Waals surface area contributed by atoms with Gasteiger partial charge in [-0.25, -0.2) is 9.97 Å². The Bertz CT molecular complexity index is 966. The molecule has 6 heteroatoms. The molecule has 0 radical (unpaired) electrons. The van der Waals surface area contributed by atoms with Gasteiger partial charge in [0.1, 0.15) is 5.82 Å². The van der Waals surface area contributed by atoms with Crippen molar-refractivity contribution in [2.75, 3.05) is 25.1 Å². The van der Waals surface area contributed by atoms with Crippen LogP contribution in [0.15, 0.2) is 42.5 Å². The van der Waals surface area contributed by atoms with Crippen molar-refractivity contribution >= 4 is 16.7 Å². The van der Waals surface area contributed by atoms with Crippen LogP contribution in [0.2, 0.25) is 0 Å². The van der Waals surface area contributed by atoms with Crippen LogP contribution in [-0.2, 0) is 4.74 Å². The Hall–Kier alpha value is -2.86. The van der Waals surface area contributed by atoms with E-state index < -0.39 is 0 Å². The molecule has 1 aromatic heterocycles. The number of phenolic OH excluding ortho intramolecular Hbond substituents is 1. The SMILES string of the molecule is COc1cccc(-c2nc(N3C[C@@H](C)O[C@H](C)C3)c3ccccc3n2)c1O. The molecule has 0 amide bonds. The molecule has 1 fully saturated rings. The van der Waals surface area contributed by atoms with Crippen LogP contribution in [0, 0.1) is 0 Å². The minimum atomic E-state index is 0.0462. The van der Waals surface area contributed by atoms with E-state index in [1.165, 1.54) is 7.11 Å². The molecule has 2 heterocycles. The van der Waals surface area contributed by atoms with Crippen LogP contribution in [0.5, 0.6) is 11.5 Å². The van der Waals surface area contributed by atoms with Gasteiger partial charge in [0.05, 0.1) is 30.4 Å². The number of rotatable bonds is 3. The van der Waals surface area contributed by atoms with Gasteiger partial charge in [-0.3, -0.25) is 0 Å². The minimum absolute atomic E-state index is 0.0462. The minimum Gasteiger partial charge on any atom is -0.504 e. The van der Waals surface area contributed by atoms with Crippen LogP contribution in [0.4, 0.5) is 5.82 Å². The molecular formula is C21H23N3O3. The van der Waals surface area contributed by atoms with Crippen molar-refractivity contribution < 1.29 is 14.6 Å². The van der Waals surface area contributed by atoms with Crippen molar-refractivity contribution in [3.63, 3.8) is 0 Å². The Morgan fingerprint density at radius 3 is 2.52 bits per heavy atom. The van der Waals surface area contributed by atoms with E-state index in [0.717, 1.165) is 29.8 Å². The van der Waals surface area contributed by atoms with Crippen molar-refractivity contribution in [3.05, 3.63) is 42.5 Å². The number of hydrogen-bond acceptors (Lipinski definition) is 6. The van der Waals surface area contributed by atoms with E-state index in [2.05, 4.69) is 18.7 Å². The number of benzene rings is 2. The molecule has 1 saturated heterocycles. The van der Waals surface area contributed by atoms with Crippen molar-refractivity contribution in [3.8, 4) is 22.9 Å². The maximum Gasteiger partial charge on any atom is 0.168 e. The van der Waals surface area contributed by atoms with E-state index in [4.69, 9.17) is 19.4 Å². The molecule has 140 valence electrons. The van der Waals surface area contributed by atoms with Crippen molar-refractivity contribution in [1.29, 1.82) is 0 Å². The molecule has 2 aromatic carbocycles. The Labute approximate surface area is 158 Å². The summed E-state index contributed by atoms with van der Waals surface area (Å²) >= 11 is 0. The fourth-order valence-electron chi connectivity index (χ4n) is 3.64. The Kier molecular flexibility index (Phi) is 4.58. The van der Waals surface area contributed by atoms with Gasteiger partial charge >= 0.3 is 0 Å². The second kappa shape index (κ2) is 7.04. The van der Waals surface area contributed by atoms with Gasteiger partial charge in [-0.05, 0) is 38.1 Å². The summed E-state index contributed by atoms with van der Waals surface area (Å²) in [4.78, 5) is 11.8. The summed E-state index contributed by atoms with van der Waals surface area (Å²) in [5.74, 6) is 1.79. The van der Waals surface area contributed by atoms with Gasteiger partial charge in [0.2, 0.25) is 0 Å². The van der Waals surface area contributed by atoms with Crippen molar-refractivity contribution in [1.82, 2.24) is 9.97 Å². The maximum atomic E-state index is 10.6. The number of para-hydroxylation sites is 2. The summed E-state index contributed by atoms with van der Waals surface area (Å²) in [6, 6.07) is 13.3. The predicted molar refractivity (Wildman–Crippen MR) is 105 cm³/mol. The quantitative estimate of drug-likeness (QED) is 0.765. The summed E-state index contributed by atoms with van der Waals surface area (Å²) in [7, 11) is 1.53. The molecule has 0 saturated carbocycles. The molecule has 1 N–H and O–H groups in total. The van der Waals surface area contributed by atoms with E-state index in [1.54, 1.807) is 12.1 Å². The number of anilines is 1. The van der Waals surface area contributed by atoms with Gasteiger partial charge in [0.15, 0.2) is 17.3 Å². The van der Waals surface area contributed by atoms with Crippen LogP contribution < -0.4 is 9.64 Å². The summed E-state index contributed by atoms with van der Waals surface area (Å²) in [5.41, 5.74) is 1.39. The van der Waals surface area contributed by atoms with E-state index in [-0.39, 0.29) is 18.0 Å². The van der Waals surface area contributed by atoms with Gasteiger partial charge in [0.25, 0.3) is 0 Å². The molecule has 6 nitrogen and oxygen atoms in total. The number of aromatic nitrogens is 2. The third-order valence-corrected chi connectivity index (χ3v) is 4.76. The second-order valence-electron chi connectivity index (χ2n) is 6.91. The predicted octanol–water partition coefficient (Wildman–Crippen LogP) is 3.62. The summed E-state index contributed by atoms with van der Waals surface area (Å²) in [6.45, 7) is 5.66. The molecule has 3 aromatic rings. The topological polar surface area (TPSA) is 67.7 Å². The Balaban J connectivity index is 1.89. The fraction of sp³-hybridized carbons (Fsp3) is 0.333. The monoisotopic (exact) mass is 365 g/mol. The number of hydrogen-bond donors (Lipinski definition) is 1. The van der Waals surface area contributed by atoms with Crippen LogP contribution in [0.25, 0.3) is 22.3 Å². The lowest BCUT2D eigenvalue weighted by atomic mass is 10.1. The van der Waals surface area contributed by atoms with Crippen molar-refractivity contribution in [2.45, 2.75) is 26.1 Å². The van der Waals surface area contributed by atoms with Crippen LogP contribution >= 0.6 is 0 Å². The molecular weight excluding hydrogens is 342 g/mol. The Morgan fingerprint density at radius 2 is 1.78 bits per heavy atom. The molecule has 0 bridgehead atoms. The number of fused-ring (bicyclic) bond motifs is 1. The zero-order valence-corrected chi connectivity index (χ0v) is 15.7. The highest BCUT2D eigenvalue weighted by atomic mass is 16.5. The Morgan fingerprint density at radius 1 is 1.04 bits per heavy atom. The molecule has 0 aliphatic carbocycles. The van der Waals surface area contributed by atoms with Gasteiger partial charge in [-0.15, -0.1) is 0 Å². The third-order valence-electron chi connectivity index (χ3n) is 4.76. The first kappa shape index (κ1) is 17.5. The lowest BCUT2D eigenvalue weighted by Gasteiger charge is -2.36. The highest BCUT2D eigenvalue weighted by molar-refractivity contribution is 5.91. The van der Waals surface area contributed by atoms with E-state index in [9.17, 15) is 5.11 Å². The van der Waals surface area contributed by atoms with E-state index >= 15 is 0 Å². The molecule has 4 rings (SSSR count). The van der Waals surface area contributed by atoms with Crippen LogP contribution in [0.1, 0.15) is 13.8 Å². The third kappa shape index (κ3) is 3.28. The van der Waals surface area contributed by atoms with Crippen LogP contribution in [-0.4, -0.2) is 47.5 Å². The van der Waals surface area contributed by atoms with E-state index in [1.807, 2.05) is 30.3 Å². The molecule has 0 unspecified atom stereocenters. The number of aromatic hydroxyl groups is 1. The molecule has 0 spiro atoms. The lowest BCUT2D eigenvalue weighted by Crippen LogP contribution is -2.46. The summed E-state index contributed by atoms with van der Waals surface area (Å²) in [5, 5.41) is 11.6. The van der Waals surface area contributed by atoms with Crippen molar-refractivity contribution in [2.24, 2.45) is 0 Å². The number of ether oxygens (including phenoxy) is 2. The standard InChI is InChI=1S/C21H23N3O3/c1-13-11-24(12-14(2)27-13)21-15-7-4-5-9-17(15)22-20(23-21)16-8-6-10-18(26-3)19(16)25/h4-10,13-14,25H,11-12H2,1-3H3/t13-,14-/m1/s1. The second-order valence-corrected chi connectivity index (χ2v) is 6.91. The van der Waals surface area contributed by atoms with Crippen LogP contribution in [0.3, 0.4) is 0 Å². The van der Waals surface area contributed by atoms with E-state index in [0.29, 0.717) is 17.1 Å². The molecule has 2 atom stereocenters. The zero-order chi connectivity index (χ0) is 19.0. The first-order valence-electron chi connectivity index (χ1n) is 9.10. The van der Waals surface area contributed by atoms with Gasteiger partial charge < -0.3 is 19.5 Å². The molecule has 1 aliphatic heterocycles. The number of methoxy groups -OCH3 is 1. The number of nitrogens with zero attached hydrogens (tertiary/aromatic N) is 3. The number of phenols is 1. The van der Waals surface area contributed by atoms with Gasteiger partial charge in [-0.2, -0.15) is 0 Å². The first-order chi connectivity index (χ1) is 13.1. The first-order valence-corrected chi connectivity index (χ1v) is 9.10.